The summed E-state index contributed by atoms with van der Waals surface area (Å²) >= 11 is 0. The van der Waals surface area contributed by atoms with Gasteiger partial charge in [0, 0.05) is 48.6 Å². The Labute approximate surface area is 222 Å². The molecule has 0 radical (unpaired) electrons. The number of hydrogen-bond donors (Lipinski definition) is 0. The fraction of sp³-hybridized carbons (Fsp3) is 0.812. The Morgan fingerprint density at radius 1 is 0.973 bits per heavy atom. The van der Waals surface area contributed by atoms with E-state index in [0.29, 0.717) is 12.0 Å². The molecule has 9 rings (SSSR count). The first-order valence-electron chi connectivity index (χ1n) is 15.4. The van der Waals surface area contributed by atoms with Gasteiger partial charge in [0.2, 0.25) is 0 Å². The van der Waals surface area contributed by atoms with Crippen LogP contribution in [0.25, 0.3) is 0 Å². The molecule has 6 aliphatic carbocycles. The average molecular weight is 508 g/mol. The molecule has 2 aliphatic heterocycles. The minimum atomic E-state index is -0.282. The van der Waals surface area contributed by atoms with Gasteiger partial charge in [-0.3, -0.25) is 4.90 Å². The van der Waals surface area contributed by atoms with Crippen LogP contribution in [0.4, 0.5) is 0 Å². The van der Waals surface area contributed by atoms with Crippen molar-refractivity contribution in [1.29, 1.82) is 0 Å². The molecule has 2 spiro atoms. The third-order valence-electron chi connectivity index (χ3n) is 12.4. The molecule has 4 bridgehead atoms. The zero-order chi connectivity index (χ0) is 24.8. The van der Waals surface area contributed by atoms with E-state index in [2.05, 4.69) is 17.0 Å². The van der Waals surface area contributed by atoms with Crippen molar-refractivity contribution in [2.24, 2.45) is 23.2 Å². The van der Waals surface area contributed by atoms with Gasteiger partial charge in [0.05, 0.1) is 13.7 Å². The van der Waals surface area contributed by atoms with E-state index in [9.17, 15) is 0 Å². The maximum Gasteiger partial charge on any atom is 0.165 e. The van der Waals surface area contributed by atoms with Crippen molar-refractivity contribution in [1.82, 2.24) is 4.90 Å². The van der Waals surface area contributed by atoms with Crippen molar-refractivity contribution in [3.8, 4) is 11.5 Å². The number of likely N-dealkylation sites (tertiary alicyclic amines) is 1. The summed E-state index contributed by atoms with van der Waals surface area (Å²) in [6.07, 6.45) is 15.7. The number of methoxy groups -OCH3 is 2. The zero-order valence-electron chi connectivity index (χ0n) is 22.9. The third-order valence-corrected chi connectivity index (χ3v) is 12.4. The summed E-state index contributed by atoms with van der Waals surface area (Å²) in [6.45, 7) is 4.24. The summed E-state index contributed by atoms with van der Waals surface area (Å²) in [5.74, 6) is 4.01. The van der Waals surface area contributed by atoms with Gasteiger partial charge in [-0.05, 0) is 87.8 Å². The quantitative estimate of drug-likeness (QED) is 0.464. The number of piperidine rings is 1. The number of rotatable bonds is 8. The van der Waals surface area contributed by atoms with E-state index in [1.165, 1.54) is 88.4 Å². The molecule has 0 amide bonds. The van der Waals surface area contributed by atoms with Crippen LogP contribution in [0.1, 0.15) is 81.8 Å². The molecule has 1 aromatic rings. The van der Waals surface area contributed by atoms with E-state index in [0.717, 1.165) is 49.4 Å². The van der Waals surface area contributed by atoms with E-state index in [4.69, 9.17) is 18.9 Å². The SMILES string of the molecule is COc1ccc2c3c1O[C@H]1[C@@]4(OC)CC[C@@]5(C[C@@H]4COCC4CCCCC4)[C@@H](C2)N(CC2CC2)CC[C@]315. The molecule has 5 nitrogen and oxygen atoms in total. The smallest absolute Gasteiger partial charge is 0.165 e. The topological polar surface area (TPSA) is 40.2 Å². The van der Waals surface area contributed by atoms with Gasteiger partial charge in [0.15, 0.2) is 11.5 Å². The lowest BCUT2D eigenvalue weighted by Gasteiger charge is -2.74. The molecule has 0 unspecified atom stereocenters. The lowest BCUT2D eigenvalue weighted by Crippen LogP contribution is -2.81. The third kappa shape index (κ3) is 3.03. The molecule has 5 saturated carbocycles. The fourth-order valence-electron chi connectivity index (χ4n) is 10.6. The van der Waals surface area contributed by atoms with Gasteiger partial charge in [-0.15, -0.1) is 0 Å². The molecular weight excluding hydrogens is 462 g/mol. The van der Waals surface area contributed by atoms with Crippen LogP contribution in [-0.2, 0) is 21.3 Å². The van der Waals surface area contributed by atoms with Crippen LogP contribution >= 0.6 is 0 Å². The second-order valence-electron chi connectivity index (χ2n) is 13.8. The number of ether oxygens (including phenoxy) is 4. The Morgan fingerprint density at radius 3 is 2.62 bits per heavy atom. The number of fused-ring (bicyclic) bond motifs is 2. The van der Waals surface area contributed by atoms with Crippen molar-refractivity contribution >= 4 is 0 Å². The first-order chi connectivity index (χ1) is 18.1. The molecule has 2 heterocycles. The summed E-state index contributed by atoms with van der Waals surface area (Å²) in [5.41, 5.74) is 3.02. The van der Waals surface area contributed by atoms with Crippen LogP contribution in [0.2, 0.25) is 0 Å². The second-order valence-corrected chi connectivity index (χ2v) is 13.8. The number of hydrogen-bond acceptors (Lipinski definition) is 5. The molecular formula is C32H45NO4. The van der Waals surface area contributed by atoms with Crippen LogP contribution in [0, 0.1) is 23.2 Å². The summed E-state index contributed by atoms with van der Waals surface area (Å²) in [4.78, 5) is 2.93. The van der Waals surface area contributed by atoms with Gasteiger partial charge in [-0.2, -0.15) is 0 Å². The maximum absolute atomic E-state index is 7.15. The molecule has 5 heteroatoms. The van der Waals surface area contributed by atoms with Gasteiger partial charge in [0.1, 0.15) is 11.7 Å². The van der Waals surface area contributed by atoms with Crippen molar-refractivity contribution < 1.29 is 18.9 Å². The second kappa shape index (κ2) is 8.35. The molecule has 1 aromatic carbocycles. The predicted molar refractivity (Wildman–Crippen MR) is 142 cm³/mol. The first-order valence-corrected chi connectivity index (χ1v) is 15.4. The van der Waals surface area contributed by atoms with Gasteiger partial charge in [-0.25, -0.2) is 0 Å². The average Bonchev–Trinajstić information content (AvgIpc) is 3.68. The molecule has 0 N–H and O–H groups in total. The molecule has 37 heavy (non-hydrogen) atoms. The lowest BCUT2D eigenvalue weighted by molar-refractivity contribution is -0.283. The van der Waals surface area contributed by atoms with E-state index in [1.807, 2.05) is 7.11 Å². The maximum atomic E-state index is 7.15. The van der Waals surface area contributed by atoms with Crippen LogP contribution in [0.5, 0.6) is 11.5 Å². The number of nitrogens with zero attached hydrogens (tertiary/aromatic N) is 1. The highest BCUT2D eigenvalue weighted by Gasteiger charge is 2.80. The largest absolute Gasteiger partial charge is 0.493 e. The highest BCUT2D eigenvalue weighted by Crippen LogP contribution is 2.76. The Hall–Kier alpha value is -1.30. The lowest BCUT2D eigenvalue weighted by atomic mass is 9.35. The summed E-state index contributed by atoms with van der Waals surface area (Å²) < 4.78 is 26.4. The van der Waals surface area contributed by atoms with Crippen molar-refractivity contribution in [3.63, 3.8) is 0 Å². The highest BCUT2D eigenvalue weighted by atomic mass is 16.6. The Bertz CT molecular complexity index is 1070. The number of benzene rings is 1. The molecule has 1 saturated heterocycles. The van der Waals surface area contributed by atoms with Crippen LogP contribution in [0.3, 0.4) is 0 Å². The first kappa shape index (κ1) is 23.6. The summed E-state index contributed by atoms with van der Waals surface area (Å²) in [6, 6.07) is 5.13. The van der Waals surface area contributed by atoms with Gasteiger partial charge < -0.3 is 18.9 Å². The van der Waals surface area contributed by atoms with Gasteiger partial charge in [-0.1, -0.05) is 25.3 Å². The molecule has 8 aliphatic rings. The summed E-state index contributed by atoms with van der Waals surface area (Å²) in [5, 5.41) is 0. The van der Waals surface area contributed by atoms with E-state index in [-0.39, 0.29) is 22.5 Å². The van der Waals surface area contributed by atoms with Crippen LogP contribution in [0.15, 0.2) is 12.1 Å². The normalized spacial score (nSPS) is 41.9. The van der Waals surface area contributed by atoms with Crippen LogP contribution in [-0.4, -0.2) is 63.2 Å². The Kier molecular flexibility index (Phi) is 5.32. The fourth-order valence-corrected chi connectivity index (χ4v) is 10.6. The molecule has 6 atom stereocenters. The van der Waals surface area contributed by atoms with Crippen LogP contribution < -0.4 is 9.47 Å². The van der Waals surface area contributed by atoms with Gasteiger partial charge >= 0.3 is 0 Å². The zero-order valence-corrected chi connectivity index (χ0v) is 22.9. The van der Waals surface area contributed by atoms with E-state index in [1.54, 1.807) is 7.11 Å². The molecule has 0 aromatic heterocycles. The Balaban J connectivity index is 1.20. The van der Waals surface area contributed by atoms with Crippen molar-refractivity contribution in [2.75, 3.05) is 40.5 Å². The monoisotopic (exact) mass is 507 g/mol. The molecule has 202 valence electrons. The molecule has 6 fully saturated rings. The van der Waals surface area contributed by atoms with Crippen molar-refractivity contribution in [3.05, 3.63) is 23.3 Å². The minimum absolute atomic E-state index is 0.0449. The van der Waals surface area contributed by atoms with E-state index < -0.39 is 0 Å². The predicted octanol–water partition coefficient (Wildman–Crippen LogP) is 5.52. The highest BCUT2D eigenvalue weighted by molar-refractivity contribution is 5.63. The van der Waals surface area contributed by atoms with Crippen molar-refractivity contribution in [2.45, 2.75) is 100 Å². The van der Waals surface area contributed by atoms with Gasteiger partial charge in [0.25, 0.3) is 0 Å². The summed E-state index contributed by atoms with van der Waals surface area (Å²) in [7, 11) is 3.75. The minimum Gasteiger partial charge on any atom is -0.493 e. The standard InChI is InChI=1S/C32H45NO4/c1-34-25-11-10-23-16-26-30-12-13-32(35-2,24(17-30)20-36-19-22-6-4-3-5-7-22)29-31(30,27(23)28(25)37-29)14-15-33(26)18-21-8-9-21/h10-11,21-22,24,26,29H,3-9,12-20H2,1-2H3/t24-,26-,29-,30-,31+,32-/m1/s1. The Morgan fingerprint density at radius 2 is 1.84 bits per heavy atom. The van der Waals surface area contributed by atoms with E-state index >= 15 is 0 Å².